The van der Waals surface area contributed by atoms with Gasteiger partial charge >= 0.3 is 5.97 Å². The molecule has 1 aromatic carbocycles. The van der Waals surface area contributed by atoms with E-state index in [9.17, 15) is 4.79 Å². The molecule has 3 rings (SSSR count). The molecule has 0 radical (unpaired) electrons. The van der Waals surface area contributed by atoms with Gasteiger partial charge in [-0.05, 0) is 24.1 Å². The zero-order valence-corrected chi connectivity index (χ0v) is 14.0. The summed E-state index contributed by atoms with van der Waals surface area (Å²) in [6.07, 6.45) is 1.43. The molecule has 2 N–H and O–H groups in total. The second-order valence-electron chi connectivity index (χ2n) is 4.73. The van der Waals surface area contributed by atoms with Gasteiger partial charge in [0.1, 0.15) is 5.75 Å². The summed E-state index contributed by atoms with van der Waals surface area (Å²) in [7, 11) is 1.46. The van der Waals surface area contributed by atoms with Crippen LogP contribution in [0.15, 0.2) is 30.5 Å². The van der Waals surface area contributed by atoms with Crippen LogP contribution in [0.1, 0.15) is 21.9 Å². The molecule has 0 bridgehead atoms. The van der Waals surface area contributed by atoms with Crippen LogP contribution in [0, 0.1) is 11.8 Å². The summed E-state index contributed by atoms with van der Waals surface area (Å²) in [5, 5.41) is 18.4. The van der Waals surface area contributed by atoms with Crippen LogP contribution < -0.4 is 9.47 Å². The van der Waals surface area contributed by atoms with E-state index in [1.807, 2.05) is 0 Å². The van der Waals surface area contributed by atoms with Gasteiger partial charge in [-0.2, -0.15) is 0 Å². The van der Waals surface area contributed by atoms with Crippen LogP contribution in [-0.4, -0.2) is 43.6 Å². The fraction of sp³-hybridized carbons (Fsp3) is 0.0625. The molecule has 0 amide bonds. The number of carboxylic acids is 1. The third-order valence-corrected chi connectivity index (χ3v) is 3.30. The van der Waals surface area contributed by atoms with Crippen molar-refractivity contribution in [2.75, 3.05) is 7.11 Å². The van der Waals surface area contributed by atoms with Gasteiger partial charge in [0.05, 0.1) is 13.3 Å². The highest BCUT2D eigenvalue weighted by Crippen LogP contribution is 2.22. The van der Waals surface area contributed by atoms with Gasteiger partial charge in [0.15, 0.2) is 10.9 Å². The number of hydrogen-bond acceptors (Lipinski definition) is 7. The Bertz CT molecular complexity index is 1020. The Hall–Kier alpha value is -3.64. The predicted octanol–water partition coefficient (Wildman–Crippen LogP) is 2.15. The summed E-state index contributed by atoms with van der Waals surface area (Å²) in [4.78, 5) is 19.1. The van der Waals surface area contributed by atoms with E-state index in [-0.39, 0.29) is 22.6 Å². The lowest BCUT2D eigenvalue weighted by Gasteiger charge is -2.03. The third-order valence-electron chi connectivity index (χ3n) is 3.03. The van der Waals surface area contributed by atoms with Gasteiger partial charge in [-0.1, -0.05) is 33.9 Å². The maximum absolute atomic E-state index is 11.0. The van der Waals surface area contributed by atoms with Gasteiger partial charge < -0.3 is 14.6 Å². The van der Waals surface area contributed by atoms with E-state index in [1.165, 1.54) is 13.3 Å². The molecular weight excluding hydrogens is 362 g/mol. The number of H-pyrrole nitrogens is 1. The Balaban J connectivity index is 1.81. The van der Waals surface area contributed by atoms with Gasteiger partial charge in [-0.25, -0.2) is 19.9 Å². The average Bonchev–Trinajstić information content (AvgIpc) is 3.09. The van der Waals surface area contributed by atoms with Crippen molar-refractivity contribution in [2.24, 2.45) is 0 Å². The Morgan fingerprint density at radius 2 is 2.19 bits per heavy atom. The summed E-state index contributed by atoms with van der Waals surface area (Å²) in [6.45, 7) is 0. The van der Waals surface area contributed by atoms with E-state index in [4.69, 9.17) is 26.2 Å². The lowest BCUT2D eigenvalue weighted by molar-refractivity contribution is 0.0687. The van der Waals surface area contributed by atoms with E-state index in [2.05, 4.69) is 37.2 Å². The minimum atomic E-state index is -1.23. The molecule has 0 atom stereocenters. The van der Waals surface area contributed by atoms with E-state index in [0.717, 1.165) is 0 Å². The number of carboxylic acid groups (broad SMARTS) is 1. The number of nitrogens with zero attached hydrogens (tertiary/aromatic N) is 4. The molecule has 0 unspecified atom stereocenters. The molecule has 10 heteroatoms. The molecule has 2 heterocycles. The van der Waals surface area contributed by atoms with Crippen LogP contribution in [0.3, 0.4) is 0 Å². The smallest absolute Gasteiger partial charge is 0.359 e. The van der Waals surface area contributed by atoms with Crippen molar-refractivity contribution in [1.29, 1.82) is 0 Å². The highest BCUT2D eigenvalue weighted by Gasteiger charge is 2.16. The van der Waals surface area contributed by atoms with Crippen molar-refractivity contribution in [2.45, 2.75) is 0 Å². The molecular formula is C16H10ClN5O4. The van der Waals surface area contributed by atoms with Crippen molar-refractivity contribution < 1.29 is 19.4 Å². The first-order valence-corrected chi connectivity index (χ1v) is 7.45. The first kappa shape index (κ1) is 17.2. The Kier molecular flexibility index (Phi) is 4.96. The molecule has 0 fully saturated rings. The van der Waals surface area contributed by atoms with Crippen molar-refractivity contribution in [3.63, 3.8) is 0 Å². The Morgan fingerprint density at radius 3 is 2.92 bits per heavy atom. The Morgan fingerprint density at radius 1 is 1.35 bits per heavy atom. The third kappa shape index (κ3) is 3.88. The lowest BCUT2D eigenvalue weighted by Crippen LogP contribution is -1.99. The van der Waals surface area contributed by atoms with Crippen molar-refractivity contribution in [3.05, 3.63) is 52.7 Å². The highest BCUT2D eigenvalue weighted by molar-refractivity contribution is 6.30. The van der Waals surface area contributed by atoms with Crippen LogP contribution in [0.5, 0.6) is 17.4 Å². The van der Waals surface area contributed by atoms with Crippen LogP contribution >= 0.6 is 11.6 Å². The monoisotopic (exact) mass is 371 g/mol. The van der Waals surface area contributed by atoms with Crippen molar-refractivity contribution >= 4 is 17.6 Å². The van der Waals surface area contributed by atoms with Crippen LogP contribution in [0.4, 0.5) is 0 Å². The summed E-state index contributed by atoms with van der Waals surface area (Å²) < 4.78 is 10.4. The topological polar surface area (TPSA) is 123 Å². The summed E-state index contributed by atoms with van der Waals surface area (Å²) >= 11 is 5.93. The molecule has 0 spiro atoms. The molecule has 0 aliphatic rings. The zero-order valence-electron chi connectivity index (χ0n) is 13.2. The summed E-state index contributed by atoms with van der Waals surface area (Å²) in [5.74, 6) is 5.20. The molecule has 0 saturated carbocycles. The quantitative estimate of drug-likeness (QED) is 0.528. The van der Waals surface area contributed by atoms with Gasteiger partial charge in [0.2, 0.25) is 11.5 Å². The fourth-order valence-corrected chi connectivity index (χ4v) is 2.06. The average molecular weight is 372 g/mol. The van der Waals surface area contributed by atoms with Crippen LogP contribution in [-0.2, 0) is 0 Å². The maximum Gasteiger partial charge on any atom is 0.359 e. The van der Waals surface area contributed by atoms with Gasteiger partial charge in [0.25, 0.3) is 5.88 Å². The number of aromatic nitrogens is 5. The van der Waals surface area contributed by atoms with E-state index >= 15 is 0 Å². The summed E-state index contributed by atoms with van der Waals surface area (Å²) in [5.41, 5.74) is 0.348. The van der Waals surface area contributed by atoms with Crippen molar-refractivity contribution in [1.82, 2.24) is 25.4 Å². The number of aromatic amines is 1. The minimum Gasteiger partial charge on any atom is -0.492 e. The highest BCUT2D eigenvalue weighted by atomic mass is 35.5. The van der Waals surface area contributed by atoms with Crippen LogP contribution in [0.25, 0.3) is 0 Å². The normalized spacial score (nSPS) is 9.92. The Labute approximate surface area is 152 Å². The molecule has 0 saturated heterocycles. The number of nitrogens with one attached hydrogen (secondary N) is 1. The molecule has 0 aliphatic heterocycles. The molecule has 2 aromatic heterocycles. The number of aromatic carboxylic acids is 1. The second-order valence-corrected chi connectivity index (χ2v) is 5.09. The van der Waals surface area contributed by atoms with E-state index in [1.54, 1.807) is 24.3 Å². The zero-order chi connectivity index (χ0) is 18.5. The first-order valence-electron chi connectivity index (χ1n) is 7.07. The number of benzene rings is 1. The number of methoxy groups -OCH3 is 1. The SMILES string of the molecule is COc1cnc(C#Cc2cccc(Oc3nn[nH]c3C(=O)O)c2)nc1Cl. The van der Waals surface area contributed by atoms with Crippen molar-refractivity contribution in [3.8, 4) is 29.2 Å². The molecule has 130 valence electrons. The van der Waals surface area contributed by atoms with E-state index in [0.29, 0.717) is 17.1 Å². The standard InChI is InChI=1S/C16H10ClN5O4/c1-25-11-8-18-12(19-14(11)17)6-5-9-3-2-4-10(7-9)26-15-13(16(23)24)20-22-21-15/h2-4,7-8H,1H3,(H,23,24)(H,20,21,22). The largest absolute Gasteiger partial charge is 0.492 e. The predicted molar refractivity (Wildman–Crippen MR) is 89.4 cm³/mol. The molecule has 9 nitrogen and oxygen atoms in total. The van der Waals surface area contributed by atoms with Gasteiger partial charge in [-0.15, -0.1) is 0 Å². The summed E-state index contributed by atoms with van der Waals surface area (Å²) in [6, 6.07) is 6.68. The maximum atomic E-state index is 11.0. The lowest BCUT2D eigenvalue weighted by atomic mass is 10.2. The number of rotatable bonds is 4. The number of ether oxygens (including phenoxy) is 2. The molecule has 26 heavy (non-hydrogen) atoms. The van der Waals surface area contributed by atoms with Gasteiger partial charge in [-0.3, -0.25) is 0 Å². The second kappa shape index (κ2) is 7.50. The fourth-order valence-electron chi connectivity index (χ4n) is 1.85. The number of hydrogen-bond donors (Lipinski definition) is 2. The van der Waals surface area contributed by atoms with Gasteiger partial charge in [0, 0.05) is 5.56 Å². The van der Waals surface area contributed by atoms with Crippen LogP contribution in [0.2, 0.25) is 5.15 Å². The number of halogens is 1. The minimum absolute atomic E-state index is 0.145. The first-order chi connectivity index (χ1) is 12.6. The molecule has 3 aromatic rings. The molecule has 0 aliphatic carbocycles. The number of carbonyl (C=O) groups is 1. The van der Waals surface area contributed by atoms with E-state index < -0.39 is 5.97 Å².